The number of methoxy groups -OCH3 is 2. The predicted octanol–water partition coefficient (Wildman–Crippen LogP) is 2.26. The maximum Gasteiger partial charge on any atom is 0.191 e. The van der Waals surface area contributed by atoms with Crippen LogP contribution < -0.4 is 10.6 Å². The highest BCUT2D eigenvalue weighted by Crippen LogP contribution is 2.21. The van der Waals surface area contributed by atoms with Crippen LogP contribution in [0.4, 0.5) is 0 Å². The minimum Gasteiger partial charge on any atom is -0.385 e. The summed E-state index contributed by atoms with van der Waals surface area (Å²) in [5.74, 6) is 0.838. The van der Waals surface area contributed by atoms with Gasteiger partial charge in [-0.2, -0.15) is 0 Å². The molecular weight excluding hydrogens is 369 g/mol. The lowest BCUT2D eigenvalue weighted by atomic mass is 9.89. The summed E-state index contributed by atoms with van der Waals surface area (Å²) in [7, 11) is 3.45. The van der Waals surface area contributed by atoms with Gasteiger partial charge in [0.15, 0.2) is 5.96 Å². The molecule has 0 aromatic rings. The van der Waals surface area contributed by atoms with Crippen LogP contribution in [-0.2, 0) is 9.47 Å². The Morgan fingerprint density at radius 3 is 2.30 bits per heavy atom. The Morgan fingerprint density at radius 1 is 1.20 bits per heavy atom. The van der Waals surface area contributed by atoms with Crippen LogP contribution in [-0.4, -0.2) is 52.5 Å². The molecule has 0 spiro atoms. The van der Waals surface area contributed by atoms with Crippen molar-refractivity contribution in [1.29, 1.82) is 0 Å². The first-order valence-electron chi connectivity index (χ1n) is 6.99. The van der Waals surface area contributed by atoms with E-state index >= 15 is 0 Å². The van der Waals surface area contributed by atoms with Crippen LogP contribution in [0.2, 0.25) is 0 Å². The van der Waals surface area contributed by atoms with Crippen molar-refractivity contribution in [2.45, 2.75) is 40.2 Å². The van der Waals surface area contributed by atoms with Gasteiger partial charge in [0.25, 0.3) is 0 Å². The average Bonchev–Trinajstić information content (AvgIpc) is 2.33. The number of ether oxygens (including phenoxy) is 2. The summed E-state index contributed by atoms with van der Waals surface area (Å²) >= 11 is 0. The number of guanidine groups is 1. The van der Waals surface area contributed by atoms with E-state index in [1.165, 1.54) is 0 Å². The van der Waals surface area contributed by atoms with Crippen molar-refractivity contribution in [2.75, 3.05) is 40.5 Å². The SMILES string of the molecule is CCNC(=NCC(OC)C(C)(C)C)NCCCOC.I. The van der Waals surface area contributed by atoms with Crippen LogP contribution >= 0.6 is 24.0 Å². The third-order valence-corrected chi connectivity index (χ3v) is 2.83. The Labute approximate surface area is 141 Å². The second-order valence-corrected chi connectivity index (χ2v) is 5.58. The van der Waals surface area contributed by atoms with E-state index in [0.717, 1.165) is 32.1 Å². The van der Waals surface area contributed by atoms with Gasteiger partial charge in [-0.3, -0.25) is 4.99 Å². The van der Waals surface area contributed by atoms with E-state index in [4.69, 9.17) is 9.47 Å². The number of hydrogen-bond acceptors (Lipinski definition) is 3. The molecule has 0 aromatic carbocycles. The van der Waals surface area contributed by atoms with Crippen molar-refractivity contribution >= 4 is 29.9 Å². The molecule has 0 rings (SSSR count). The Hall–Kier alpha value is -0.0800. The van der Waals surface area contributed by atoms with Gasteiger partial charge < -0.3 is 20.1 Å². The van der Waals surface area contributed by atoms with Gasteiger partial charge in [0.2, 0.25) is 0 Å². The molecule has 122 valence electrons. The molecule has 1 atom stereocenters. The molecule has 2 N–H and O–H groups in total. The van der Waals surface area contributed by atoms with Crippen LogP contribution in [0.25, 0.3) is 0 Å². The normalized spacial score (nSPS) is 13.6. The summed E-state index contributed by atoms with van der Waals surface area (Å²) in [6.07, 6.45) is 1.08. The molecule has 0 aliphatic rings. The monoisotopic (exact) mass is 401 g/mol. The largest absolute Gasteiger partial charge is 0.385 e. The summed E-state index contributed by atoms with van der Waals surface area (Å²) < 4.78 is 10.5. The van der Waals surface area contributed by atoms with Gasteiger partial charge in [0.1, 0.15) is 0 Å². The predicted molar refractivity (Wildman–Crippen MR) is 96.1 cm³/mol. The fourth-order valence-electron chi connectivity index (χ4n) is 1.64. The molecule has 0 heterocycles. The first-order chi connectivity index (χ1) is 8.95. The molecular formula is C14H32IN3O2. The van der Waals surface area contributed by atoms with Crippen LogP contribution in [0.5, 0.6) is 0 Å². The van der Waals surface area contributed by atoms with E-state index in [1.807, 2.05) is 0 Å². The summed E-state index contributed by atoms with van der Waals surface area (Å²) in [5, 5.41) is 6.52. The van der Waals surface area contributed by atoms with Gasteiger partial charge >= 0.3 is 0 Å². The maximum absolute atomic E-state index is 5.50. The standard InChI is InChI=1S/C14H31N3O2.HI/c1-7-15-13(16-9-8-10-18-5)17-11-12(19-6)14(2,3)4;/h12H,7-11H2,1-6H3,(H2,15,16,17);1H. The van der Waals surface area contributed by atoms with Crippen LogP contribution in [0.3, 0.4) is 0 Å². The second kappa shape index (κ2) is 12.6. The lowest BCUT2D eigenvalue weighted by molar-refractivity contribution is 0.0241. The maximum atomic E-state index is 5.50. The molecule has 0 aliphatic carbocycles. The van der Waals surface area contributed by atoms with E-state index in [0.29, 0.717) is 6.54 Å². The van der Waals surface area contributed by atoms with Gasteiger partial charge in [-0.1, -0.05) is 20.8 Å². The molecule has 5 nitrogen and oxygen atoms in total. The Morgan fingerprint density at radius 2 is 1.85 bits per heavy atom. The van der Waals surface area contributed by atoms with Gasteiger partial charge in [0.05, 0.1) is 12.6 Å². The molecule has 6 heteroatoms. The highest BCUT2D eigenvalue weighted by Gasteiger charge is 2.23. The zero-order valence-corrected chi connectivity index (χ0v) is 16.1. The number of nitrogens with zero attached hydrogens (tertiary/aromatic N) is 1. The van der Waals surface area contributed by atoms with Crippen LogP contribution in [0.15, 0.2) is 4.99 Å². The molecule has 0 aliphatic heterocycles. The number of rotatable bonds is 8. The lowest BCUT2D eigenvalue weighted by Crippen LogP contribution is -2.40. The zero-order chi connectivity index (χ0) is 14.7. The quantitative estimate of drug-likeness (QED) is 0.284. The number of halogens is 1. The first-order valence-corrected chi connectivity index (χ1v) is 6.99. The van der Waals surface area contributed by atoms with Crippen molar-refractivity contribution in [2.24, 2.45) is 10.4 Å². The minimum absolute atomic E-state index is 0. The zero-order valence-electron chi connectivity index (χ0n) is 13.8. The number of aliphatic imine (C=N–C) groups is 1. The Bertz CT molecular complexity index is 255. The molecule has 1 unspecified atom stereocenters. The van der Waals surface area contributed by atoms with E-state index in [2.05, 4.69) is 43.3 Å². The number of hydrogen-bond donors (Lipinski definition) is 2. The molecule has 0 saturated heterocycles. The third kappa shape index (κ3) is 10.7. The summed E-state index contributed by atoms with van der Waals surface area (Å²) in [6, 6.07) is 0. The molecule has 0 fully saturated rings. The smallest absolute Gasteiger partial charge is 0.191 e. The summed E-state index contributed by atoms with van der Waals surface area (Å²) in [4.78, 5) is 4.58. The van der Waals surface area contributed by atoms with Gasteiger partial charge in [-0.05, 0) is 18.8 Å². The van der Waals surface area contributed by atoms with E-state index in [1.54, 1.807) is 14.2 Å². The fourth-order valence-corrected chi connectivity index (χ4v) is 1.64. The number of nitrogens with one attached hydrogen (secondary N) is 2. The fraction of sp³-hybridized carbons (Fsp3) is 0.929. The van der Waals surface area contributed by atoms with Crippen LogP contribution in [0, 0.1) is 5.41 Å². The van der Waals surface area contributed by atoms with Gasteiger partial charge in [0, 0.05) is 33.9 Å². The van der Waals surface area contributed by atoms with Crippen molar-refractivity contribution < 1.29 is 9.47 Å². The summed E-state index contributed by atoms with van der Waals surface area (Å²) in [6.45, 7) is 11.7. The van der Waals surface area contributed by atoms with Crippen molar-refractivity contribution in [3.8, 4) is 0 Å². The molecule has 20 heavy (non-hydrogen) atoms. The van der Waals surface area contributed by atoms with Crippen molar-refractivity contribution in [3.63, 3.8) is 0 Å². The highest BCUT2D eigenvalue weighted by atomic mass is 127. The topological polar surface area (TPSA) is 54.9 Å². The summed E-state index contributed by atoms with van der Waals surface area (Å²) in [5.41, 5.74) is 0.0889. The van der Waals surface area contributed by atoms with Crippen molar-refractivity contribution in [1.82, 2.24) is 10.6 Å². The first kappa shape index (κ1) is 22.2. The average molecular weight is 401 g/mol. The van der Waals surface area contributed by atoms with Gasteiger partial charge in [-0.25, -0.2) is 0 Å². The molecule has 0 saturated carbocycles. The van der Waals surface area contributed by atoms with E-state index in [-0.39, 0.29) is 35.5 Å². The molecule has 0 aromatic heterocycles. The van der Waals surface area contributed by atoms with E-state index < -0.39 is 0 Å². The van der Waals surface area contributed by atoms with E-state index in [9.17, 15) is 0 Å². The highest BCUT2D eigenvalue weighted by molar-refractivity contribution is 14.0. The van der Waals surface area contributed by atoms with Crippen LogP contribution in [0.1, 0.15) is 34.1 Å². The second-order valence-electron chi connectivity index (χ2n) is 5.58. The minimum atomic E-state index is 0. The Balaban J connectivity index is 0. The van der Waals surface area contributed by atoms with Crippen molar-refractivity contribution in [3.05, 3.63) is 0 Å². The lowest BCUT2D eigenvalue weighted by Gasteiger charge is -2.28. The third-order valence-electron chi connectivity index (χ3n) is 2.83. The Kier molecular flexibility index (Phi) is 14.0. The molecule has 0 amide bonds. The molecule has 0 bridgehead atoms. The molecule has 0 radical (unpaired) electrons. The van der Waals surface area contributed by atoms with Gasteiger partial charge in [-0.15, -0.1) is 24.0 Å².